The van der Waals surface area contributed by atoms with Crippen molar-refractivity contribution in [3.8, 4) is 6.07 Å². The van der Waals surface area contributed by atoms with Crippen LogP contribution in [0.15, 0.2) is 0 Å². The molecule has 18 heavy (non-hydrogen) atoms. The van der Waals surface area contributed by atoms with Gasteiger partial charge >= 0.3 is 0 Å². The van der Waals surface area contributed by atoms with E-state index in [1.165, 1.54) is 0 Å². The molecule has 0 spiro atoms. The van der Waals surface area contributed by atoms with Crippen LogP contribution in [0.25, 0.3) is 0 Å². The highest BCUT2D eigenvalue weighted by Gasteiger charge is 2.21. The fourth-order valence-electron chi connectivity index (χ4n) is 1.51. The monoisotopic (exact) mass is 266 g/mol. The molecule has 0 radical (unpaired) electrons. The van der Waals surface area contributed by atoms with Crippen molar-refractivity contribution in [2.45, 2.75) is 39.5 Å². The Balaban J connectivity index is 3.19. The van der Waals surface area contributed by atoms with Gasteiger partial charge in [-0.15, -0.1) is 0 Å². The molecule has 1 aromatic rings. The van der Waals surface area contributed by atoms with E-state index in [0.717, 1.165) is 17.2 Å². The number of aromatic nitrogens is 2. The highest BCUT2D eigenvalue weighted by molar-refractivity contribution is 6.30. The van der Waals surface area contributed by atoms with Crippen molar-refractivity contribution >= 4 is 17.4 Å². The lowest BCUT2D eigenvalue weighted by atomic mass is 9.95. The van der Waals surface area contributed by atoms with Crippen LogP contribution in [0.5, 0.6) is 0 Å². The van der Waals surface area contributed by atoms with Crippen LogP contribution in [0, 0.1) is 18.3 Å². The van der Waals surface area contributed by atoms with Crippen LogP contribution < -0.4 is 4.90 Å². The van der Waals surface area contributed by atoms with Gasteiger partial charge in [0, 0.05) is 24.6 Å². The quantitative estimate of drug-likeness (QED) is 0.789. The molecule has 0 bridgehead atoms. The molecule has 0 N–H and O–H groups in total. The number of hydrogen-bond donors (Lipinski definition) is 0. The second kappa shape index (κ2) is 5.53. The molecule has 0 saturated heterocycles. The minimum absolute atomic E-state index is 0.151. The second-order valence-electron chi connectivity index (χ2n) is 5.37. The predicted octanol–water partition coefficient (Wildman–Crippen LogP) is 3.09. The average Bonchev–Trinajstić information content (AvgIpc) is 2.27. The molecule has 0 amide bonds. The number of halogens is 1. The van der Waals surface area contributed by atoms with E-state index in [0.29, 0.717) is 18.1 Å². The number of anilines is 1. The molecule has 0 fully saturated rings. The Morgan fingerprint density at radius 1 is 1.33 bits per heavy atom. The average molecular weight is 267 g/mol. The molecule has 98 valence electrons. The Bertz CT molecular complexity index is 471. The summed E-state index contributed by atoms with van der Waals surface area (Å²) in [5.41, 5.74) is 0.701. The van der Waals surface area contributed by atoms with Gasteiger partial charge in [0.1, 0.15) is 16.8 Å². The molecule has 0 aliphatic rings. The van der Waals surface area contributed by atoms with E-state index >= 15 is 0 Å². The van der Waals surface area contributed by atoms with E-state index in [1.54, 1.807) is 0 Å². The van der Waals surface area contributed by atoms with Gasteiger partial charge in [-0.1, -0.05) is 32.4 Å². The van der Waals surface area contributed by atoms with Gasteiger partial charge in [-0.2, -0.15) is 5.26 Å². The number of rotatable bonds is 3. The maximum absolute atomic E-state index is 8.63. The van der Waals surface area contributed by atoms with Gasteiger partial charge in [-0.25, -0.2) is 9.97 Å². The van der Waals surface area contributed by atoms with Crippen LogP contribution in [0.1, 0.15) is 38.6 Å². The first-order valence-electron chi connectivity index (χ1n) is 5.90. The minimum Gasteiger partial charge on any atom is -0.358 e. The molecule has 5 heteroatoms. The van der Waals surface area contributed by atoms with Crippen LogP contribution in [0.3, 0.4) is 0 Å². The van der Waals surface area contributed by atoms with E-state index in [9.17, 15) is 0 Å². The van der Waals surface area contributed by atoms with Crippen molar-refractivity contribution in [2.24, 2.45) is 0 Å². The molecule has 0 aromatic carbocycles. The molecule has 1 heterocycles. The SMILES string of the molecule is Cc1c(Cl)nc(C(C)(C)C)nc1N(C)CCC#N. The molecule has 0 saturated carbocycles. The topological polar surface area (TPSA) is 52.8 Å². The molecular formula is C13H19ClN4. The van der Waals surface area contributed by atoms with Crippen LogP contribution in [-0.4, -0.2) is 23.6 Å². The zero-order chi connectivity index (χ0) is 13.9. The summed E-state index contributed by atoms with van der Waals surface area (Å²) in [4.78, 5) is 10.9. The minimum atomic E-state index is -0.151. The van der Waals surface area contributed by atoms with Crippen LogP contribution in [-0.2, 0) is 5.41 Å². The molecule has 0 unspecified atom stereocenters. The third kappa shape index (κ3) is 3.33. The summed E-state index contributed by atoms with van der Waals surface area (Å²) in [6.45, 7) is 8.68. The van der Waals surface area contributed by atoms with E-state index in [-0.39, 0.29) is 5.41 Å². The molecular weight excluding hydrogens is 248 g/mol. The van der Waals surface area contributed by atoms with E-state index in [4.69, 9.17) is 16.9 Å². The summed E-state index contributed by atoms with van der Waals surface area (Å²) in [7, 11) is 1.91. The first-order chi connectivity index (χ1) is 8.27. The van der Waals surface area contributed by atoms with E-state index in [2.05, 4.69) is 16.0 Å². The molecule has 0 atom stereocenters. The van der Waals surface area contributed by atoms with Crippen molar-refractivity contribution in [1.82, 2.24) is 9.97 Å². The Morgan fingerprint density at radius 3 is 2.44 bits per heavy atom. The lowest BCUT2D eigenvalue weighted by Gasteiger charge is -2.23. The van der Waals surface area contributed by atoms with Gasteiger partial charge in [-0.05, 0) is 6.92 Å². The first kappa shape index (κ1) is 14.7. The van der Waals surface area contributed by atoms with Gasteiger partial charge in [0.25, 0.3) is 0 Å². The van der Waals surface area contributed by atoms with Gasteiger partial charge in [0.05, 0.1) is 12.5 Å². The molecule has 0 aliphatic carbocycles. The highest BCUT2D eigenvalue weighted by atomic mass is 35.5. The van der Waals surface area contributed by atoms with Gasteiger partial charge in [0.15, 0.2) is 0 Å². The maximum atomic E-state index is 8.63. The Morgan fingerprint density at radius 2 is 1.94 bits per heavy atom. The normalized spacial score (nSPS) is 11.2. The summed E-state index contributed by atoms with van der Waals surface area (Å²) < 4.78 is 0. The fraction of sp³-hybridized carbons (Fsp3) is 0.615. The van der Waals surface area contributed by atoms with Crippen molar-refractivity contribution in [3.05, 3.63) is 16.5 Å². The van der Waals surface area contributed by atoms with Crippen LogP contribution in [0.2, 0.25) is 5.15 Å². The fourth-order valence-corrected chi connectivity index (χ4v) is 1.67. The van der Waals surface area contributed by atoms with Crippen LogP contribution >= 0.6 is 11.6 Å². The third-order valence-corrected chi connectivity index (χ3v) is 3.02. The Labute approximate surface area is 114 Å². The van der Waals surface area contributed by atoms with Gasteiger partial charge in [0.2, 0.25) is 0 Å². The summed E-state index contributed by atoms with van der Waals surface area (Å²) >= 11 is 6.16. The van der Waals surface area contributed by atoms with Crippen molar-refractivity contribution in [2.75, 3.05) is 18.5 Å². The number of nitrogens with zero attached hydrogens (tertiary/aromatic N) is 4. The lowest BCUT2D eigenvalue weighted by molar-refractivity contribution is 0.544. The number of hydrogen-bond acceptors (Lipinski definition) is 4. The van der Waals surface area contributed by atoms with Crippen molar-refractivity contribution in [3.63, 3.8) is 0 Å². The molecule has 0 aliphatic heterocycles. The van der Waals surface area contributed by atoms with E-state index < -0.39 is 0 Å². The zero-order valence-electron chi connectivity index (χ0n) is 11.6. The van der Waals surface area contributed by atoms with Gasteiger partial charge in [-0.3, -0.25) is 0 Å². The highest BCUT2D eigenvalue weighted by Crippen LogP contribution is 2.27. The van der Waals surface area contributed by atoms with Gasteiger partial charge < -0.3 is 4.90 Å². The largest absolute Gasteiger partial charge is 0.358 e. The molecule has 1 aromatic heterocycles. The summed E-state index contributed by atoms with van der Waals surface area (Å²) in [6.07, 6.45) is 0.461. The molecule has 1 rings (SSSR count). The van der Waals surface area contributed by atoms with E-state index in [1.807, 2.05) is 39.6 Å². The Hall–Kier alpha value is -1.34. The maximum Gasteiger partial charge on any atom is 0.137 e. The van der Waals surface area contributed by atoms with Crippen molar-refractivity contribution in [1.29, 1.82) is 5.26 Å². The first-order valence-corrected chi connectivity index (χ1v) is 6.28. The third-order valence-electron chi connectivity index (χ3n) is 2.65. The smallest absolute Gasteiger partial charge is 0.137 e. The zero-order valence-corrected chi connectivity index (χ0v) is 12.3. The summed E-state index contributed by atoms with van der Waals surface area (Å²) in [6, 6.07) is 2.13. The Kier molecular flexibility index (Phi) is 4.53. The predicted molar refractivity (Wildman–Crippen MR) is 74.0 cm³/mol. The molecule has 4 nitrogen and oxygen atoms in total. The number of nitriles is 1. The van der Waals surface area contributed by atoms with Crippen LogP contribution in [0.4, 0.5) is 5.82 Å². The summed E-state index contributed by atoms with van der Waals surface area (Å²) in [5.74, 6) is 1.52. The standard InChI is InChI=1S/C13H19ClN4/c1-9-10(14)16-12(13(2,3)4)17-11(9)18(5)8-6-7-15/h6,8H2,1-5H3. The lowest BCUT2D eigenvalue weighted by Crippen LogP contribution is -2.24. The summed E-state index contributed by atoms with van der Waals surface area (Å²) in [5, 5.41) is 9.11. The second-order valence-corrected chi connectivity index (χ2v) is 5.72. The van der Waals surface area contributed by atoms with Crippen molar-refractivity contribution < 1.29 is 0 Å².